The molecule has 0 unspecified atom stereocenters. The first-order valence-corrected chi connectivity index (χ1v) is 17.2. The molecular formula is C22H16F30O6S2. The van der Waals surface area contributed by atoms with E-state index in [0.29, 0.717) is 0 Å². The van der Waals surface area contributed by atoms with Crippen molar-refractivity contribution in [1.82, 2.24) is 0 Å². The summed E-state index contributed by atoms with van der Waals surface area (Å²) in [6.45, 7) is -3.13. The summed E-state index contributed by atoms with van der Waals surface area (Å²) in [6, 6.07) is 0. The SMILES string of the molecule is O=S(=O)(CCC(F)(F)C(F)(F)C(F)(F)C(F)(F)C(F)(C(F)(F)F)C(F)(F)F)OCCCCOS(=O)(=O)CCC(F)(F)C(F)(F)C(F)(F)C(F)(F)C(F)(C(F)(F)F)C(F)(F)F. The first-order valence-electron chi connectivity index (χ1n) is 14.0. The Morgan fingerprint density at radius 2 is 0.500 bits per heavy atom. The van der Waals surface area contributed by atoms with E-state index in [0.717, 1.165) is 0 Å². The summed E-state index contributed by atoms with van der Waals surface area (Å²) < 4.78 is 452. The lowest BCUT2D eigenvalue weighted by Gasteiger charge is -2.43. The second-order valence-electron chi connectivity index (χ2n) is 11.5. The maximum Gasteiger partial charge on any atom is 0.438 e. The molecular weight excluding hydrogens is 994 g/mol. The van der Waals surface area contributed by atoms with Crippen LogP contribution in [0.1, 0.15) is 25.7 Å². The number of rotatable bonds is 21. The van der Waals surface area contributed by atoms with Crippen LogP contribution >= 0.6 is 0 Å². The van der Waals surface area contributed by atoms with Crippen molar-refractivity contribution in [2.75, 3.05) is 24.7 Å². The zero-order chi connectivity index (χ0) is 49.1. The van der Waals surface area contributed by atoms with Gasteiger partial charge in [-0.2, -0.15) is 140 Å². The zero-order valence-electron chi connectivity index (χ0n) is 27.3. The fourth-order valence-corrected chi connectivity index (χ4v) is 5.83. The summed E-state index contributed by atoms with van der Waals surface area (Å²) >= 11 is 0. The molecule has 0 radical (unpaired) electrons. The topological polar surface area (TPSA) is 86.7 Å². The molecule has 0 heterocycles. The van der Waals surface area contributed by atoms with Gasteiger partial charge >= 0.3 is 83.4 Å². The highest BCUT2D eigenvalue weighted by Crippen LogP contribution is 2.66. The number of unbranched alkanes of at least 4 members (excludes halogenated alkanes) is 1. The van der Waals surface area contributed by atoms with Crippen molar-refractivity contribution in [1.29, 1.82) is 0 Å². The Balaban J connectivity index is 5.67. The van der Waals surface area contributed by atoms with Crippen molar-refractivity contribution < 1.29 is 157 Å². The van der Waals surface area contributed by atoms with Crippen molar-refractivity contribution >= 4 is 20.2 Å². The number of alkyl halides is 30. The Morgan fingerprint density at radius 1 is 0.300 bits per heavy atom. The summed E-state index contributed by atoms with van der Waals surface area (Å²) in [5.74, 6) is -71.0. The summed E-state index contributed by atoms with van der Waals surface area (Å²) in [6.07, 6.45) is -42.1. The highest BCUT2D eigenvalue weighted by molar-refractivity contribution is 7.86. The number of hydrogen-bond acceptors (Lipinski definition) is 6. The molecule has 38 heteroatoms. The molecule has 0 N–H and O–H groups in total. The largest absolute Gasteiger partial charge is 0.438 e. The molecule has 0 aliphatic heterocycles. The molecule has 0 aliphatic rings. The molecule has 0 aromatic carbocycles. The number of halogens is 30. The molecule has 0 aromatic rings. The quantitative estimate of drug-likeness (QED) is 0.0647. The smallest absolute Gasteiger partial charge is 0.270 e. The average Bonchev–Trinajstić information content (AvgIpc) is 3.01. The van der Waals surface area contributed by atoms with Gasteiger partial charge in [0.25, 0.3) is 20.2 Å². The minimum atomic E-state index is -8.82. The third-order valence-corrected chi connectivity index (χ3v) is 9.78. The van der Waals surface area contributed by atoms with Crippen molar-refractivity contribution in [3.63, 3.8) is 0 Å². The standard InChI is InChI=1S/C22H16F30O6S2/c23-9(24,13(29,30)17(37,38)15(33,34)11(27,19(41,42)43)20(44,45)46)3-7-59(53,54)57-5-1-2-6-58-60(55,56)8-4-10(25,26)14(31,32)18(39,40)16(35,36)12(28,21(47,48)49)22(50,51)52/h1-8H2. The van der Waals surface area contributed by atoms with E-state index in [4.69, 9.17) is 0 Å². The molecule has 362 valence electrons. The Kier molecular flexibility index (Phi) is 15.7. The lowest BCUT2D eigenvalue weighted by Crippen LogP contribution is -2.75. The molecule has 60 heavy (non-hydrogen) atoms. The highest BCUT2D eigenvalue weighted by Gasteiger charge is 2.97. The first kappa shape index (κ1) is 57.7. The van der Waals surface area contributed by atoms with E-state index in [1.54, 1.807) is 0 Å². The van der Waals surface area contributed by atoms with Gasteiger partial charge < -0.3 is 0 Å². The van der Waals surface area contributed by atoms with Crippen LogP contribution in [0, 0.1) is 0 Å². The van der Waals surface area contributed by atoms with Gasteiger partial charge in [0.2, 0.25) is 0 Å². The molecule has 0 saturated heterocycles. The highest BCUT2D eigenvalue weighted by atomic mass is 32.2. The van der Waals surface area contributed by atoms with Crippen molar-refractivity contribution in [2.45, 2.75) is 109 Å². The second kappa shape index (κ2) is 16.4. The third kappa shape index (κ3) is 9.76. The van der Waals surface area contributed by atoms with Gasteiger partial charge in [0.1, 0.15) is 0 Å². The molecule has 0 spiro atoms. The van der Waals surface area contributed by atoms with Crippen LogP contribution in [0.3, 0.4) is 0 Å². The van der Waals surface area contributed by atoms with E-state index < -0.39 is 154 Å². The van der Waals surface area contributed by atoms with Gasteiger partial charge in [0.15, 0.2) is 0 Å². The van der Waals surface area contributed by atoms with Crippen molar-refractivity contribution in [3.05, 3.63) is 0 Å². The molecule has 0 bridgehead atoms. The molecule has 0 amide bonds. The van der Waals surface area contributed by atoms with E-state index in [1.807, 2.05) is 0 Å². The van der Waals surface area contributed by atoms with Crippen LogP contribution in [-0.4, -0.2) is 125 Å². The summed E-state index contributed by atoms with van der Waals surface area (Å²) in [7, 11) is -11.8. The van der Waals surface area contributed by atoms with Crippen molar-refractivity contribution in [2.24, 2.45) is 0 Å². The van der Waals surface area contributed by atoms with Crippen LogP contribution in [0.5, 0.6) is 0 Å². The van der Waals surface area contributed by atoms with E-state index in [1.165, 1.54) is 0 Å². The molecule has 0 rings (SSSR count). The Morgan fingerprint density at radius 3 is 0.683 bits per heavy atom. The molecule has 0 atom stereocenters. The minimum Gasteiger partial charge on any atom is -0.270 e. The molecule has 0 aromatic heterocycles. The predicted octanol–water partition coefficient (Wildman–Crippen LogP) is 9.99. The average molecular weight is 1010 g/mol. The van der Waals surface area contributed by atoms with E-state index in [9.17, 15) is 149 Å². The Labute approximate surface area is 311 Å². The minimum absolute atomic E-state index is 1.10. The second-order valence-corrected chi connectivity index (χ2v) is 15.1. The normalized spacial score (nSPS) is 16.4. The van der Waals surface area contributed by atoms with Gasteiger partial charge in [0.05, 0.1) is 24.7 Å². The fraction of sp³-hybridized carbons (Fsp3) is 1.00. The maximum atomic E-state index is 13.9. The summed E-state index contributed by atoms with van der Waals surface area (Å²) in [5, 5.41) is 0. The lowest BCUT2D eigenvalue weighted by atomic mass is 9.85. The molecule has 0 saturated carbocycles. The van der Waals surface area contributed by atoms with E-state index in [2.05, 4.69) is 8.37 Å². The first-order chi connectivity index (χ1) is 25.6. The van der Waals surface area contributed by atoms with Gasteiger partial charge in [-0.1, -0.05) is 0 Å². The van der Waals surface area contributed by atoms with Gasteiger partial charge in [-0.25, -0.2) is 8.78 Å². The third-order valence-electron chi connectivity index (χ3n) is 7.32. The van der Waals surface area contributed by atoms with Crippen molar-refractivity contribution in [3.8, 4) is 0 Å². The van der Waals surface area contributed by atoms with Gasteiger partial charge in [-0.05, 0) is 12.8 Å². The van der Waals surface area contributed by atoms with Crippen LogP contribution in [0.15, 0.2) is 0 Å². The van der Waals surface area contributed by atoms with Crippen LogP contribution in [-0.2, 0) is 28.6 Å². The van der Waals surface area contributed by atoms with Gasteiger partial charge in [0, 0.05) is 12.8 Å². The predicted molar refractivity (Wildman–Crippen MR) is 129 cm³/mol. The lowest BCUT2D eigenvalue weighted by molar-refractivity contribution is -0.457. The van der Waals surface area contributed by atoms with E-state index >= 15 is 0 Å². The van der Waals surface area contributed by atoms with Crippen LogP contribution in [0.25, 0.3) is 0 Å². The maximum absolute atomic E-state index is 13.9. The summed E-state index contributed by atoms with van der Waals surface area (Å²) in [5.41, 5.74) is -17.3. The van der Waals surface area contributed by atoms with Crippen LogP contribution < -0.4 is 0 Å². The molecule has 0 fully saturated rings. The van der Waals surface area contributed by atoms with Crippen LogP contribution in [0.2, 0.25) is 0 Å². The Hall–Kier alpha value is -2.28. The number of hydrogen-bond donors (Lipinski definition) is 0. The summed E-state index contributed by atoms with van der Waals surface area (Å²) in [4.78, 5) is 0. The molecule has 6 nitrogen and oxygen atoms in total. The Bertz CT molecular complexity index is 1540. The van der Waals surface area contributed by atoms with Gasteiger partial charge in [-0.3, -0.25) is 8.37 Å². The van der Waals surface area contributed by atoms with E-state index in [-0.39, 0.29) is 0 Å². The van der Waals surface area contributed by atoms with Gasteiger partial charge in [-0.15, -0.1) is 0 Å². The zero-order valence-corrected chi connectivity index (χ0v) is 28.9. The molecule has 0 aliphatic carbocycles. The fourth-order valence-electron chi connectivity index (χ4n) is 3.83. The van der Waals surface area contributed by atoms with Crippen LogP contribution in [0.4, 0.5) is 132 Å². The monoisotopic (exact) mass is 1010 g/mol.